The van der Waals surface area contributed by atoms with Crippen molar-refractivity contribution in [2.45, 2.75) is 32.9 Å². The average Bonchev–Trinajstić information content (AvgIpc) is 1.57. The number of rotatable bonds is 1. The normalized spacial score (nSPS) is 37.5. The molecule has 1 aliphatic carbocycles. The molecule has 48 valence electrons. The third-order valence-electron chi connectivity index (χ3n) is 2.06. The Hall–Kier alpha value is -0.0700. The van der Waals surface area contributed by atoms with Gasteiger partial charge in [-0.2, -0.15) is 0 Å². The van der Waals surface area contributed by atoms with Gasteiger partial charge in [0.15, 0.2) is 0 Å². The monoisotopic (exact) mass is 116 g/mol. The maximum Gasteiger partial charge on any atom is 0.101 e. The molecule has 0 atom stereocenters. The fourth-order valence-corrected chi connectivity index (χ4v) is 1.13. The first-order valence-electron chi connectivity index (χ1n) is 3.34. The minimum absolute atomic E-state index is 0.470. The summed E-state index contributed by atoms with van der Waals surface area (Å²) in [6.45, 7) is 4.33. The van der Waals surface area contributed by atoms with Gasteiger partial charge in [-0.25, -0.2) is 4.39 Å². The summed E-state index contributed by atoms with van der Waals surface area (Å²) >= 11 is 0. The van der Waals surface area contributed by atoms with Crippen LogP contribution in [0.3, 0.4) is 0 Å². The third kappa shape index (κ3) is 1.01. The van der Waals surface area contributed by atoms with E-state index in [0.717, 1.165) is 12.8 Å². The minimum atomic E-state index is -0.470. The lowest BCUT2D eigenvalue weighted by molar-refractivity contribution is 0.0965. The molecule has 0 spiro atoms. The third-order valence-corrected chi connectivity index (χ3v) is 2.06. The summed E-state index contributed by atoms with van der Waals surface area (Å²) in [5.41, 5.74) is 0. The molecule has 1 rings (SSSR count). The summed E-state index contributed by atoms with van der Waals surface area (Å²) in [6, 6.07) is 0. The summed E-state index contributed by atoms with van der Waals surface area (Å²) in [5, 5.41) is 0. The zero-order valence-electron chi connectivity index (χ0n) is 5.52. The fraction of sp³-hybridized carbons (Fsp3) is 1.00. The molecule has 1 fully saturated rings. The van der Waals surface area contributed by atoms with Gasteiger partial charge < -0.3 is 0 Å². The number of alkyl halides is 1. The van der Waals surface area contributed by atoms with Crippen molar-refractivity contribution in [3.63, 3.8) is 0 Å². The molecule has 0 amide bonds. The Morgan fingerprint density at radius 1 is 1.38 bits per heavy atom. The van der Waals surface area contributed by atoms with E-state index in [0.29, 0.717) is 11.8 Å². The van der Waals surface area contributed by atoms with Crippen molar-refractivity contribution in [2.75, 3.05) is 0 Å². The molecule has 0 aromatic heterocycles. The van der Waals surface area contributed by atoms with Gasteiger partial charge in [-0.15, -0.1) is 0 Å². The molecule has 0 saturated heterocycles. The van der Waals surface area contributed by atoms with E-state index in [1.54, 1.807) is 0 Å². The van der Waals surface area contributed by atoms with Gasteiger partial charge >= 0.3 is 0 Å². The van der Waals surface area contributed by atoms with Crippen LogP contribution in [-0.4, -0.2) is 6.17 Å². The van der Waals surface area contributed by atoms with Crippen molar-refractivity contribution in [2.24, 2.45) is 11.8 Å². The van der Waals surface area contributed by atoms with Crippen LogP contribution in [0.2, 0.25) is 0 Å². The zero-order chi connectivity index (χ0) is 6.15. The molecule has 0 radical (unpaired) electrons. The maximum atomic E-state index is 12.1. The van der Waals surface area contributed by atoms with E-state index in [9.17, 15) is 4.39 Å². The molecule has 0 N–H and O–H groups in total. The van der Waals surface area contributed by atoms with Gasteiger partial charge in [-0.1, -0.05) is 13.8 Å². The molecule has 0 aromatic carbocycles. The Bertz CT molecular complexity index is 72.5. The fourth-order valence-electron chi connectivity index (χ4n) is 1.13. The Kier molecular flexibility index (Phi) is 1.54. The van der Waals surface area contributed by atoms with E-state index in [2.05, 4.69) is 13.8 Å². The molecule has 1 aliphatic rings. The lowest BCUT2D eigenvalue weighted by Crippen LogP contribution is -2.28. The number of halogens is 1. The highest BCUT2D eigenvalue weighted by atomic mass is 19.1. The second-order valence-corrected chi connectivity index (χ2v) is 3.07. The summed E-state index contributed by atoms with van der Waals surface area (Å²) < 4.78 is 12.1. The molecule has 8 heavy (non-hydrogen) atoms. The van der Waals surface area contributed by atoms with Gasteiger partial charge in [0, 0.05) is 0 Å². The standard InChI is InChI=1S/C7H13F/c1-5(2)6-3-7(8)4-6/h5-7H,3-4H2,1-2H3/t6-,7-. The Morgan fingerprint density at radius 3 is 2.00 bits per heavy atom. The van der Waals surface area contributed by atoms with Crippen LogP contribution in [0, 0.1) is 11.8 Å². The van der Waals surface area contributed by atoms with Crippen molar-refractivity contribution in [1.29, 1.82) is 0 Å². The molecule has 0 unspecified atom stereocenters. The molecule has 0 heterocycles. The van der Waals surface area contributed by atoms with Gasteiger partial charge in [-0.05, 0) is 24.7 Å². The van der Waals surface area contributed by atoms with E-state index < -0.39 is 6.17 Å². The second-order valence-electron chi connectivity index (χ2n) is 3.07. The zero-order valence-corrected chi connectivity index (χ0v) is 5.52. The number of hydrogen-bond donors (Lipinski definition) is 0. The summed E-state index contributed by atoms with van der Waals surface area (Å²) in [7, 11) is 0. The summed E-state index contributed by atoms with van der Waals surface area (Å²) in [5.74, 6) is 1.38. The van der Waals surface area contributed by atoms with Crippen molar-refractivity contribution in [1.82, 2.24) is 0 Å². The molecule has 0 aromatic rings. The van der Waals surface area contributed by atoms with E-state index in [1.807, 2.05) is 0 Å². The van der Waals surface area contributed by atoms with Gasteiger partial charge in [-0.3, -0.25) is 0 Å². The largest absolute Gasteiger partial charge is 0.247 e. The quantitative estimate of drug-likeness (QED) is 0.493. The number of hydrogen-bond acceptors (Lipinski definition) is 0. The van der Waals surface area contributed by atoms with Gasteiger partial charge in [0.25, 0.3) is 0 Å². The van der Waals surface area contributed by atoms with E-state index >= 15 is 0 Å². The van der Waals surface area contributed by atoms with Crippen LogP contribution in [0.15, 0.2) is 0 Å². The van der Waals surface area contributed by atoms with Crippen LogP contribution in [0.1, 0.15) is 26.7 Å². The van der Waals surface area contributed by atoms with E-state index in [1.165, 1.54) is 0 Å². The maximum absolute atomic E-state index is 12.1. The highest BCUT2D eigenvalue weighted by molar-refractivity contribution is 4.80. The van der Waals surface area contributed by atoms with Crippen molar-refractivity contribution < 1.29 is 4.39 Å². The predicted octanol–water partition coefficient (Wildman–Crippen LogP) is 2.39. The Balaban J connectivity index is 2.15. The van der Waals surface area contributed by atoms with Crippen molar-refractivity contribution >= 4 is 0 Å². The molecule has 1 saturated carbocycles. The molecular weight excluding hydrogens is 103 g/mol. The molecule has 0 bridgehead atoms. The van der Waals surface area contributed by atoms with Crippen LogP contribution in [0.25, 0.3) is 0 Å². The molecule has 0 aliphatic heterocycles. The first-order chi connectivity index (χ1) is 3.70. The second kappa shape index (κ2) is 2.04. The first kappa shape index (κ1) is 6.06. The van der Waals surface area contributed by atoms with Crippen LogP contribution in [0.5, 0.6) is 0 Å². The SMILES string of the molecule is CC(C)[C@H]1C[C@H](F)C1. The van der Waals surface area contributed by atoms with Crippen LogP contribution < -0.4 is 0 Å². The van der Waals surface area contributed by atoms with Gasteiger partial charge in [0.05, 0.1) is 0 Å². The van der Waals surface area contributed by atoms with E-state index in [4.69, 9.17) is 0 Å². The van der Waals surface area contributed by atoms with Crippen molar-refractivity contribution in [3.05, 3.63) is 0 Å². The molecule has 1 heteroatoms. The Labute approximate surface area is 50.1 Å². The molecular formula is C7H13F. The first-order valence-corrected chi connectivity index (χ1v) is 3.34. The Morgan fingerprint density at radius 2 is 1.88 bits per heavy atom. The smallest absolute Gasteiger partial charge is 0.101 e. The highest BCUT2D eigenvalue weighted by Gasteiger charge is 2.30. The molecule has 0 nitrogen and oxygen atoms in total. The lowest BCUT2D eigenvalue weighted by Gasteiger charge is -2.32. The van der Waals surface area contributed by atoms with Gasteiger partial charge in [0.2, 0.25) is 0 Å². The lowest BCUT2D eigenvalue weighted by atomic mass is 9.76. The highest BCUT2D eigenvalue weighted by Crippen LogP contribution is 2.35. The van der Waals surface area contributed by atoms with E-state index in [-0.39, 0.29) is 0 Å². The summed E-state index contributed by atoms with van der Waals surface area (Å²) in [6.07, 6.45) is 1.16. The van der Waals surface area contributed by atoms with Crippen molar-refractivity contribution in [3.8, 4) is 0 Å². The predicted molar refractivity (Wildman–Crippen MR) is 32.5 cm³/mol. The van der Waals surface area contributed by atoms with Crippen LogP contribution in [0.4, 0.5) is 4.39 Å². The summed E-state index contributed by atoms with van der Waals surface area (Å²) in [4.78, 5) is 0. The van der Waals surface area contributed by atoms with Gasteiger partial charge in [0.1, 0.15) is 6.17 Å². The minimum Gasteiger partial charge on any atom is -0.247 e. The van der Waals surface area contributed by atoms with Crippen LogP contribution >= 0.6 is 0 Å². The van der Waals surface area contributed by atoms with Crippen LogP contribution in [-0.2, 0) is 0 Å². The topological polar surface area (TPSA) is 0 Å². The average molecular weight is 116 g/mol.